The molecular weight excluding hydrogens is 236 g/mol. The van der Waals surface area contributed by atoms with Crippen LogP contribution in [-0.4, -0.2) is 5.11 Å². The van der Waals surface area contributed by atoms with E-state index in [0.717, 1.165) is 6.61 Å². The van der Waals surface area contributed by atoms with Crippen LogP contribution < -0.4 is 0 Å². The standard InChI is InChI=1S/C2H5O.CH3.W/c1-2-3;;/h2-3H,1H3;1H3;/q2*-1;+2. The van der Waals surface area contributed by atoms with Crippen molar-refractivity contribution < 1.29 is 26.2 Å². The van der Waals surface area contributed by atoms with Crippen LogP contribution in [0, 0.1) is 14.0 Å². The topological polar surface area (TPSA) is 20.2 Å². The van der Waals surface area contributed by atoms with Gasteiger partial charge in [0.15, 0.2) is 0 Å². The predicted molar refractivity (Wildman–Crippen MR) is 18.3 cm³/mol. The van der Waals surface area contributed by atoms with Crippen molar-refractivity contribution in [3.63, 3.8) is 0 Å². The van der Waals surface area contributed by atoms with Gasteiger partial charge >= 0.3 is 21.1 Å². The molecule has 0 aliphatic carbocycles. The third-order valence-electron chi connectivity index (χ3n) is 0. The molecule has 0 atom stereocenters. The molecule has 0 saturated heterocycles. The monoisotopic (exact) mass is 244 g/mol. The van der Waals surface area contributed by atoms with E-state index in [1.54, 1.807) is 6.92 Å². The maximum absolute atomic E-state index is 7.44. The van der Waals surface area contributed by atoms with Crippen LogP contribution in [0.15, 0.2) is 0 Å². The molecule has 1 N–H and O–H groups in total. The van der Waals surface area contributed by atoms with Gasteiger partial charge in [0.2, 0.25) is 0 Å². The van der Waals surface area contributed by atoms with Crippen LogP contribution >= 0.6 is 0 Å². The average Bonchev–Trinajstić information content (AvgIpc) is 0.918. The van der Waals surface area contributed by atoms with Gasteiger partial charge in [-0.1, -0.05) is 0 Å². The van der Waals surface area contributed by atoms with Crippen molar-refractivity contribution in [1.29, 1.82) is 0 Å². The molecule has 0 saturated carbocycles. The van der Waals surface area contributed by atoms with E-state index in [1.807, 2.05) is 0 Å². The number of rotatable bonds is 0. The van der Waals surface area contributed by atoms with Gasteiger partial charge in [-0.2, -0.15) is 6.92 Å². The first-order chi connectivity index (χ1) is 1.41. The Morgan fingerprint density at radius 1 is 1.60 bits per heavy atom. The van der Waals surface area contributed by atoms with E-state index in [1.165, 1.54) is 0 Å². The maximum Gasteiger partial charge on any atom is 2.00 e. The Morgan fingerprint density at radius 3 is 1.60 bits per heavy atom. The molecule has 0 aromatic heterocycles. The summed E-state index contributed by atoms with van der Waals surface area (Å²) in [5.41, 5.74) is 0. The number of hydrogen-bond acceptors (Lipinski definition) is 1. The normalized spacial score (nSPS) is 3.60. The van der Waals surface area contributed by atoms with Crippen molar-refractivity contribution in [2.75, 3.05) is 0 Å². The summed E-state index contributed by atoms with van der Waals surface area (Å²) in [4.78, 5) is 0. The van der Waals surface area contributed by atoms with Gasteiger partial charge in [-0.25, -0.2) is 6.61 Å². The molecular formula is C3H8OW. The van der Waals surface area contributed by atoms with Gasteiger partial charge in [-0.3, -0.25) is 0 Å². The van der Waals surface area contributed by atoms with E-state index in [2.05, 4.69) is 0 Å². The molecule has 0 aliphatic heterocycles. The summed E-state index contributed by atoms with van der Waals surface area (Å²) < 4.78 is 0. The molecule has 0 unspecified atom stereocenters. The van der Waals surface area contributed by atoms with E-state index >= 15 is 0 Å². The summed E-state index contributed by atoms with van der Waals surface area (Å²) in [6.45, 7) is 2.56. The Morgan fingerprint density at radius 2 is 1.60 bits per heavy atom. The summed E-state index contributed by atoms with van der Waals surface area (Å²) in [5.74, 6) is 0. The van der Waals surface area contributed by atoms with Crippen LogP contribution in [0.2, 0.25) is 0 Å². The van der Waals surface area contributed by atoms with Crippen LogP contribution in [0.25, 0.3) is 0 Å². The number of aliphatic hydroxyl groups excluding tert-OH is 1. The van der Waals surface area contributed by atoms with Gasteiger partial charge in [-0.15, -0.1) is 0 Å². The molecule has 0 rings (SSSR count). The van der Waals surface area contributed by atoms with Crippen LogP contribution in [0.5, 0.6) is 0 Å². The van der Waals surface area contributed by atoms with Crippen LogP contribution in [0.4, 0.5) is 0 Å². The van der Waals surface area contributed by atoms with Gasteiger partial charge in [-0.05, 0) is 0 Å². The second-order valence-electron chi connectivity index (χ2n) is 0.258. The Kier molecular flexibility index (Phi) is 79.3. The second-order valence-corrected chi connectivity index (χ2v) is 0.258. The predicted octanol–water partition coefficient (Wildman–Crippen LogP) is 0.988. The second kappa shape index (κ2) is 22.8. The zero-order chi connectivity index (χ0) is 2.71. The molecule has 2 heteroatoms. The Balaban J connectivity index is -0.0000000200. The maximum atomic E-state index is 7.44. The quantitative estimate of drug-likeness (QED) is 0.630. The molecule has 0 fully saturated rings. The summed E-state index contributed by atoms with van der Waals surface area (Å²) in [7, 11) is 0. The van der Waals surface area contributed by atoms with E-state index in [-0.39, 0.29) is 28.5 Å². The van der Waals surface area contributed by atoms with Crippen molar-refractivity contribution >= 4 is 0 Å². The summed E-state index contributed by atoms with van der Waals surface area (Å²) >= 11 is 0. The largest absolute Gasteiger partial charge is 2.00 e. The van der Waals surface area contributed by atoms with E-state index < -0.39 is 0 Å². The van der Waals surface area contributed by atoms with Crippen molar-refractivity contribution in [3.8, 4) is 0 Å². The number of aliphatic hydroxyl groups is 1. The first-order valence-corrected chi connectivity index (χ1v) is 0.836. The van der Waals surface area contributed by atoms with E-state index in [0.29, 0.717) is 0 Å². The zero-order valence-electron chi connectivity index (χ0n) is 3.43. The minimum Gasteiger partial charge on any atom is -0.566 e. The molecule has 0 aliphatic rings. The summed E-state index contributed by atoms with van der Waals surface area (Å²) in [6, 6.07) is 0. The van der Waals surface area contributed by atoms with Crippen LogP contribution in [0.1, 0.15) is 6.92 Å². The average molecular weight is 244 g/mol. The molecule has 0 aromatic rings. The molecule has 0 aromatic carbocycles. The van der Waals surface area contributed by atoms with Crippen molar-refractivity contribution in [2.45, 2.75) is 6.92 Å². The SMILES string of the molecule is C[CH-]O.[CH3-].[W+2]. The zero-order valence-corrected chi connectivity index (χ0v) is 6.37. The Hall–Kier alpha value is 0.648. The third-order valence-corrected chi connectivity index (χ3v) is 0. The van der Waals surface area contributed by atoms with Gasteiger partial charge in [0.1, 0.15) is 0 Å². The fraction of sp³-hybridized carbons (Fsp3) is 0.333. The Bertz CT molecular complexity index is 6.85. The summed E-state index contributed by atoms with van der Waals surface area (Å²) in [6.07, 6.45) is 0. The third kappa shape index (κ3) is 77.6. The molecule has 0 amide bonds. The van der Waals surface area contributed by atoms with Gasteiger partial charge in [0, 0.05) is 0 Å². The fourth-order valence-corrected chi connectivity index (χ4v) is 0. The van der Waals surface area contributed by atoms with Crippen molar-refractivity contribution in [3.05, 3.63) is 14.0 Å². The van der Waals surface area contributed by atoms with Gasteiger partial charge in [0.05, 0.1) is 0 Å². The fourth-order valence-electron chi connectivity index (χ4n) is 0. The minimum absolute atomic E-state index is 0. The molecule has 5 heavy (non-hydrogen) atoms. The Labute approximate surface area is 47.7 Å². The van der Waals surface area contributed by atoms with Crippen LogP contribution in [0.3, 0.4) is 0 Å². The first-order valence-electron chi connectivity index (χ1n) is 0.836. The molecule has 1 nitrogen and oxygen atoms in total. The minimum atomic E-state index is 0. The van der Waals surface area contributed by atoms with Gasteiger partial charge in [0.25, 0.3) is 0 Å². The molecule has 32 valence electrons. The van der Waals surface area contributed by atoms with Crippen molar-refractivity contribution in [2.24, 2.45) is 0 Å². The van der Waals surface area contributed by atoms with Gasteiger partial charge < -0.3 is 12.5 Å². The summed E-state index contributed by atoms with van der Waals surface area (Å²) in [5, 5.41) is 7.44. The molecule has 0 radical (unpaired) electrons. The van der Waals surface area contributed by atoms with E-state index in [9.17, 15) is 0 Å². The molecule has 0 spiro atoms. The first kappa shape index (κ1) is 17.4. The molecule has 0 heterocycles. The van der Waals surface area contributed by atoms with E-state index in [4.69, 9.17) is 5.11 Å². The smallest absolute Gasteiger partial charge is 0.566 e. The molecule has 0 bridgehead atoms. The number of hydrogen-bond donors (Lipinski definition) is 1. The van der Waals surface area contributed by atoms with Crippen LogP contribution in [-0.2, 0) is 21.1 Å². The van der Waals surface area contributed by atoms with Crippen molar-refractivity contribution in [1.82, 2.24) is 0 Å².